The van der Waals surface area contributed by atoms with Crippen molar-refractivity contribution < 1.29 is 0 Å². The Labute approximate surface area is 103 Å². The fourth-order valence-electron chi connectivity index (χ4n) is 0. The Hall–Kier alpha value is 1.40. The molecule has 0 aromatic heterocycles. The quantitative estimate of drug-likeness (QED) is 0.376. The smallest absolute Gasteiger partial charge is 0.106 e. The Morgan fingerprint density at radius 3 is 1.36 bits per heavy atom. The van der Waals surface area contributed by atoms with E-state index >= 15 is 0 Å². The maximum atomic E-state index is 3.36. The Kier molecular flexibility index (Phi) is 23.1. The van der Waals surface area contributed by atoms with Crippen molar-refractivity contribution in [3.8, 4) is 0 Å². The standard InChI is InChI=1S/C3H6.C2H2Br4.C2H4/c1-3-2;3-1-2(4,5)6;1-2/h3H,1H2,2H3;1H2;1-2H2. The first kappa shape index (κ1) is 18.2. The van der Waals surface area contributed by atoms with Gasteiger partial charge in [-0.05, 0) is 6.92 Å². The molecule has 0 saturated heterocycles. The number of hydrogen-bond donors (Lipinski definition) is 0. The van der Waals surface area contributed by atoms with Gasteiger partial charge in [-0.15, -0.1) is 19.7 Å². The maximum absolute atomic E-state index is 3.36. The van der Waals surface area contributed by atoms with Crippen molar-refractivity contribution in [3.63, 3.8) is 0 Å². The lowest BCUT2D eigenvalue weighted by Crippen LogP contribution is -1.97. The van der Waals surface area contributed by atoms with Crippen LogP contribution in [0.2, 0.25) is 0 Å². The Morgan fingerprint density at radius 2 is 1.36 bits per heavy atom. The monoisotopic (exact) mass is 412 g/mol. The van der Waals surface area contributed by atoms with Crippen LogP contribution in [0.4, 0.5) is 0 Å². The second-order valence-electron chi connectivity index (χ2n) is 1.16. The molecule has 0 aromatic carbocycles. The van der Waals surface area contributed by atoms with Crippen LogP contribution in [0.1, 0.15) is 6.92 Å². The van der Waals surface area contributed by atoms with E-state index < -0.39 is 0 Å². The summed E-state index contributed by atoms with van der Waals surface area (Å²) in [7, 11) is 0. The molecule has 0 saturated carbocycles. The predicted octanol–water partition coefficient (Wildman–Crippen LogP) is 5.21. The summed E-state index contributed by atoms with van der Waals surface area (Å²) in [6, 6.07) is 0. The second-order valence-corrected chi connectivity index (χ2v) is 8.97. The summed E-state index contributed by atoms with van der Waals surface area (Å²) in [5.74, 6) is 0. The van der Waals surface area contributed by atoms with Crippen molar-refractivity contribution in [3.05, 3.63) is 25.8 Å². The minimum atomic E-state index is -0.104. The van der Waals surface area contributed by atoms with E-state index in [0.29, 0.717) is 0 Å². The second kappa shape index (κ2) is 14.0. The lowest BCUT2D eigenvalue weighted by molar-refractivity contribution is 1.46. The van der Waals surface area contributed by atoms with Gasteiger partial charge in [-0.3, -0.25) is 0 Å². The summed E-state index contributed by atoms with van der Waals surface area (Å²) in [5, 5.41) is 0.833. The zero-order valence-corrected chi connectivity index (χ0v) is 12.8. The normalized spacial score (nSPS) is 8.09. The first-order valence-electron chi connectivity index (χ1n) is 2.67. The van der Waals surface area contributed by atoms with Crippen molar-refractivity contribution in [2.24, 2.45) is 0 Å². The van der Waals surface area contributed by atoms with Gasteiger partial charge in [0.05, 0.1) is 0 Å². The molecule has 0 aliphatic carbocycles. The van der Waals surface area contributed by atoms with Gasteiger partial charge in [-0.1, -0.05) is 69.8 Å². The Bertz CT molecular complexity index is 75.0. The maximum Gasteiger partial charge on any atom is 0.144 e. The van der Waals surface area contributed by atoms with E-state index in [1.54, 1.807) is 6.08 Å². The molecule has 4 heteroatoms. The third kappa shape index (κ3) is 52.0. The van der Waals surface area contributed by atoms with E-state index in [2.05, 4.69) is 83.5 Å². The van der Waals surface area contributed by atoms with Crippen molar-refractivity contribution in [2.75, 3.05) is 5.33 Å². The molecular weight excluding hydrogens is 404 g/mol. The van der Waals surface area contributed by atoms with E-state index in [0.717, 1.165) is 5.33 Å². The number of hydrogen-bond acceptors (Lipinski definition) is 0. The molecular formula is C7H12Br4. The highest BCUT2D eigenvalue weighted by Crippen LogP contribution is 2.34. The molecule has 0 aromatic rings. The third-order valence-electron chi connectivity index (χ3n) is 0.152. The Morgan fingerprint density at radius 1 is 1.27 bits per heavy atom. The molecule has 0 radical (unpaired) electrons. The van der Waals surface area contributed by atoms with Gasteiger partial charge < -0.3 is 0 Å². The number of halogens is 4. The Balaban J connectivity index is -0.000000109. The molecule has 0 atom stereocenters. The first-order chi connectivity index (χ1) is 4.97. The van der Waals surface area contributed by atoms with E-state index in [1.165, 1.54) is 0 Å². The molecule has 0 heterocycles. The highest BCUT2D eigenvalue weighted by atomic mass is 80.0. The van der Waals surface area contributed by atoms with Crippen LogP contribution in [0, 0.1) is 0 Å². The summed E-state index contributed by atoms with van der Waals surface area (Å²) in [6.07, 6.45) is 1.75. The highest BCUT2D eigenvalue weighted by Gasteiger charge is 2.13. The predicted molar refractivity (Wildman–Crippen MR) is 70.4 cm³/mol. The van der Waals surface area contributed by atoms with E-state index in [1.807, 2.05) is 6.92 Å². The van der Waals surface area contributed by atoms with Crippen LogP contribution in [-0.4, -0.2) is 7.47 Å². The van der Waals surface area contributed by atoms with Gasteiger partial charge in [0.2, 0.25) is 0 Å². The SMILES string of the molecule is BrCC(Br)(Br)Br.C=C.C=CC. The molecule has 0 N–H and O–H groups in total. The van der Waals surface area contributed by atoms with Crippen LogP contribution in [-0.2, 0) is 0 Å². The van der Waals surface area contributed by atoms with Crippen molar-refractivity contribution in [1.29, 1.82) is 0 Å². The van der Waals surface area contributed by atoms with Crippen LogP contribution in [0.5, 0.6) is 0 Å². The number of alkyl halides is 4. The van der Waals surface area contributed by atoms with Gasteiger partial charge >= 0.3 is 0 Å². The third-order valence-corrected chi connectivity index (χ3v) is 4.09. The summed E-state index contributed by atoms with van der Waals surface area (Å²) in [5.41, 5.74) is 0. The highest BCUT2D eigenvalue weighted by molar-refractivity contribution is 9.40. The van der Waals surface area contributed by atoms with E-state index in [-0.39, 0.29) is 2.14 Å². The lowest BCUT2D eigenvalue weighted by atomic mass is 10.8. The molecule has 0 rings (SSSR count). The minimum Gasteiger partial charge on any atom is -0.106 e. The largest absolute Gasteiger partial charge is 0.144 e. The van der Waals surface area contributed by atoms with Gasteiger partial charge in [0.25, 0.3) is 0 Å². The average Bonchev–Trinajstić information content (AvgIpc) is 1.93. The van der Waals surface area contributed by atoms with E-state index in [9.17, 15) is 0 Å². The van der Waals surface area contributed by atoms with Crippen LogP contribution < -0.4 is 0 Å². The zero-order valence-electron chi connectivity index (χ0n) is 6.42. The first-order valence-corrected chi connectivity index (χ1v) is 6.17. The van der Waals surface area contributed by atoms with Crippen LogP contribution in [0.15, 0.2) is 25.8 Å². The van der Waals surface area contributed by atoms with Gasteiger partial charge in [0.1, 0.15) is 2.14 Å². The molecule has 0 amide bonds. The average molecular weight is 416 g/mol. The fourth-order valence-corrected chi connectivity index (χ4v) is 0. The summed E-state index contributed by atoms with van der Waals surface area (Å²) in [6.45, 7) is 11.2. The molecule has 68 valence electrons. The van der Waals surface area contributed by atoms with Gasteiger partial charge in [0.15, 0.2) is 0 Å². The van der Waals surface area contributed by atoms with Crippen molar-refractivity contribution in [2.45, 2.75) is 9.07 Å². The summed E-state index contributed by atoms with van der Waals surface area (Å²) >= 11 is 13.0. The van der Waals surface area contributed by atoms with Gasteiger partial charge in [0, 0.05) is 5.33 Å². The molecule has 0 aliphatic rings. The van der Waals surface area contributed by atoms with Crippen molar-refractivity contribution >= 4 is 63.7 Å². The fraction of sp³-hybridized carbons (Fsp3) is 0.429. The molecule has 0 aliphatic heterocycles. The molecule has 0 unspecified atom stereocenters. The van der Waals surface area contributed by atoms with Crippen molar-refractivity contribution in [1.82, 2.24) is 0 Å². The molecule has 0 nitrogen and oxygen atoms in total. The van der Waals surface area contributed by atoms with Crippen LogP contribution in [0.3, 0.4) is 0 Å². The van der Waals surface area contributed by atoms with Crippen LogP contribution >= 0.6 is 63.7 Å². The number of rotatable bonds is 0. The molecule has 0 spiro atoms. The number of allylic oxidation sites excluding steroid dienone is 1. The molecule has 11 heavy (non-hydrogen) atoms. The lowest BCUT2D eigenvalue weighted by Gasteiger charge is -2.03. The molecule has 0 bridgehead atoms. The summed E-state index contributed by atoms with van der Waals surface area (Å²) < 4.78 is -0.104. The molecule has 0 fully saturated rings. The van der Waals surface area contributed by atoms with Gasteiger partial charge in [-0.2, -0.15) is 0 Å². The topological polar surface area (TPSA) is 0 Å². The minimum absolute atomic E-state index is 0.104. The van der Waals surface area contributed by atoms with Crippen LogP contribution in [0.25, 0.3) is 0 Å². The van der Waals surface area contributed by atoms with E-state index in [4.69, 9.17) is 0 Å². The van der Waals surface area contributed by atoms with Gasteiger partial charge in [-0.25, -0.2) is 0 Å². The zero-order chi connectivity index (χ0) is 9.91. The summed E-state index contributed by atoms with van der Waals surface area (Å²) in [4.78, 5) is 0.